The van der Waals surface area contributed by atoms with Crippen LogP contribution in [0.25, 0.3) is 0 Å². The average molecular weight is 271 g/mol. The van der Waals surface area contributed by atoms with Gasteiger partial charge in [0, 0.05) is 0 Å². The van der Waals surface area contributed by atoms with E-state index in [0.29, 0.717) is 0 Å². The van der Waals surface area contributed by atoms with E-state index in [4.69, 9.17) is 11.2 Å². The Balaban J connectivity index is 0. The molecule has 0 aromatic carbocycles. The van der Waals surface area contributed by atoms with Crippen LogP contribution >= 0.6 is 17.2 Å². The van der Waals surface area contributed by atoms with Gasteiger partial charge in [-0.1, -0.05) is 0 Å². The zero-order chi connectivity index (χ0) is 11.8. The molecule has 0 unspecified atom stereocenters. The molecule has 0 aliphatic carbocycles. The van der Waals surface area contributed by atoms with Gasteiger partial charge >= 0.3 is 102 Å². The Hall–Kier alpha value is 0.680. The summed E-state index contributed by atoms with van der Waals surface area (Å²) >= 11 is 7.06. The monoisotopic (exact) mass is 270 g/mol. The van der Waals surface area contributed by atoms with Gasteiger partial charge in [0.25, 0.3) is 0 Å². The Labute approximate surface area is 107 Å². The Morgan fingerprint density at radius 2 is 1.00 bits per heavy atom. The molecule has 0 aliphatic heterocycles. The van der Waals surface area contributed by atoms with Crippen LogP contribution < -0.4 is 0 Å². The van der Waals surface area contributed by atoms with Gasteiger partial charge in [-0.3, -0.25) is 0 Å². The molecular formula is C13H32ClOP. The van der Waals surface area contributed by atoms with E-state index in [2.05, 4.69) is 27.4 Å². The van der Waals surface area contributed by atoms with E-state index in [9.17, 15) is 0 Å². The van der Waals surface area contributed by atoms with Gasteiger partial charge in [-0.25, -0.2) is 0 Å². The van der Waals surface area contributed by atoms with Crippen molar-refractivity contribution in [2.24, 2.45) is 0 Å². The largest absolute Gasteiger partial charge is 0.412 e. The van der Waals surface area contributed by atoms with Gasteiger partial charge in [0.05, 0.1) is 0 Å². The Morgan fingerprint density at radius 3 is 1.19 bits per heavy atom. The minimum atomic E-state index is -1.81. The van der Waals surface area contributed by atoms with E-state index in [-0.39, 0.29) is 5.48 Å². The van der Waals surface area contributed by atoms with Gasteiger partial charge in [0.15, 0.2) is 0 Å². The van der Waals surface area contributed by atoms with Crippen molar-refractivity contribution < 1.29 is 5.48 Å². The van der Waals surface area contributed by atoms with Crippen molar-refractivity contribution in [1.29, 1.82) is 0 Å². The van der Waals surface area contributed by atoms with Gasteiger partial charge in [-0.2, -0.15) is 0 Å². The van der Waals surface area contributed by atoms with E-state index >= 15 is 0 Å². The van der Waals surface area contributed by atoms with Gasteiger partial charge < -0.3 is 5.48 Å². The number of halogens is 1. The molecule has 0 rings (SSSR count). The third-order valence-electron chi connectivity index (χ3n) is 3.41. The van der Waals surface area contributed by atoms with Crippen LogP contribution in [-0.4, -0.2) is 30.6 Å². The zero-order valence-corrected chi connectivity index (χ0v) is 13.3. The molecule has 0 heterocycles. The number of hydrogen-bond donors (Lipinski definition) is 0. The summed E-state index contributed by atoms with van der Waals surface area (Å²) < 4.78 is 0. The quantitative estimate of drug-likeness (QED) is 0.534. The maximum absolute atomic E-state index is 7.06. The van der Waals surface area contributed by atoms with Crippen molar-refractivity contribution in [3.8, 4) is 0 Å². The van der Waals surface area contributed by atoms with Gasteiger partial charge in [-0.15, -0.1) is 0 Å². The van der Waals surface area contributed by atoms with E-state index in [1.54, 1.807) is 0 Å². The maximum Gasteiger partial charge on any atom is -0.412 e. The summed E-state index contributed by atoms with van der Waals surface area (Å²) in [6.45, 7) is 9.24. The van der Waals surface area contributed by atoms with E-state index in [1.807, 2.05) is 0 Å². The van der Waals surface area contributed by atoms with Gasteiger partial charge in [0.1, 0.15) is 0 Å². The summed E-state index contributed by atoms with van der Waals surface area (Å²) in [5, 5.41) is 0. The van der Waals surface area contributed by atoms with Crippen LogP contribution in [0.3, 0.4) is 0 Å². The van der Waals surface area contributed by atoms with Crippen LogP contribution in [0.2, 0.25) is 0 Å². The van der Waals surface area contributed by atoms with Crippen LogP contribution in [0.5, 0.6) is 0 Å². The molecule has 0 fully saturated rings. The number of hydrogen-bond acceptors (Lipinski definition) is 0. The van der Waals surface area contributed by atoms with Crippen molar-refractivity contribution >= 4 is 17.2 Å². The van der Waals surface area contributed by atoms with Crippen molar-refractivity contribution in [1.82, 2.24) is 0 Å². The van der Waals surface area contributed by atoms with Crippen molar-refractivity contribution in [2.75, 3.05) is 25.2 Å². The summed E-state index contributed by atoms with van der Waals surface area (Å²) in [7, 11) is 0. The molecule has 0 aromatic rings. The minimum Gasteiger partial charge on any atom is -0.412 e. The summed E-state index contributed by atoms with van der Waals surface area (Å²) in [5.74, 6) is -1.81. The Morgan fingerprint density at radius 1 is 0.750 bits per heavy atom. The molecule has 3 heteroatoms. The zero-order valence-electron chi connectivity index (χ0n) is 11.7. The van der Waals surface area contributed by atoms with Gasteiger partial charge in [0.2, 0.25) is 0 Å². The second kappa shape index (κ2) is 8.72. The first-order chi connectivity index (χ1) is 6.96. The average Bonchev–Trinajstić information content (AvgIpc) is 2.22. The fraction of sp³-hybridized carbons (Fsp3) is 1.00. The molecule has 0 amide bonds. The third-order valence-corrected chi connectivity index (χ3v) is 9.62. The van der Waals surface area contributed by atoms with Crippen LogP contribution in [0.4, 0.5) is 0 Å². The minimum absolute atomic E-state index is 0. The number of rotatable bonds is 9. The van der Waals surface area contributed by atoms with Crippen LogP contribution in [0.15, 0.2) is 0 Å². The summed E-state index contributed by atoms with van der Waals surface area (Å²) in [4.78, 5) is 0. The molecule has 0 saturated carbocycles. The molecule has 2 N–H and O–H groups in total. The fourth-order valence-corrected chi connectivity index (χ4v) is 7.48. The Bertz CT molecular complexity index is 143. The molecule has 0 aromatic heterocycles. The molecule has 0 aliphatic rings. The Kier molecular flexibility index (Phi) is 10.4. The fourth-order valence-electron chi connectivity index (χ4n) is 2.13. The first-order valence-corrected chi connectivity index (χ1v) is 10.8. The molecule has 0 spiro atoms. The first-order valence-electron chi connectivity index (χ1n) is 6.69. The van der Waals surface area contributed by atoms with E-state index in [0.717, 1.165) is 0 Å². The number of unbranched alkanes of at least 4 members (excludes halogenated alkanes) is 3. The predicted molar refractivity (Wildman–Crippen MR) is 81.6 cm³/mol. The molecule has 1 nitrogen and oxygen atoms in total. The molecular weight excluding hydrogens is 239 g/mol. The van der Waals surface area contributed by atoms with Gasteiger partial charge in [-0.05, 0) is 0 Å². The topological polar surface area (TPSA) is 31.5 Å². The van der Waals surface area contributed by atoms with Crippen molar-refractivity contribution in [2.45, 2.75) is 59.3 Å². The molecule has 0 saturated heterocycles. The SMILES string of the molecule is CCCCP(C)(Cl)(CCCC)CCCC.O. The second-order valence-electron chi connectivity index (χ2n) is 5.38. The standard InChI is InChI=1S/C13H30ClP.H2O/c1-5-8-11-15(4,14,12-9-6-2)13-10-7-3;/h5-13H2,1-4H3;1H2. The molecule has 0 bridgehead atoms. The first kappa shape index (κ1) is 19.0. The van der Waals surface area contributed by atoms with Crippen molar-refractivity contribution in [3.63, 3.8) is 0 Å². The molecule has 0 radical (unpaired) electrons. The molecule has 102 valence electrons. The predicted octanol–water partition coefficient (Wildman–Crippen LogP) is 4.90. The summed E-state index contributed by atoms with van der Waals surface area (Å²) in [5.41, 5.74) is 0. The summed E-state index contributed by atoms with van der Waals surface area (Å²) in [6.07, 6.45) is 11.8. The summed E-state index contributed by atoms with van der Waals surface area (Å²) in [6, 6.07) is 0. The molecule has 0 atom stereocenters. The maximum atomic E-state index is 7.06. The van der Waals surface area contributed by atoms with Crippen LogP contribution in [-0.2, 0) is 0 Å². The third kappa shape index (κ3) is 7.87. The normalized spacial score (nSPS) is 13.9. The van der Waals surface area contributed by atoms with Crippen molar-refractivity contribution in [3.05, 3.63) is 0 Å². The van der Waals surface area contributed by atoms with E-state index < -0.39 is 5.96 Å². The smallest absolute Gasteiger partial charge is 0.412 e. The molecule has 16 heavy (non-hydrogen) atoms. The van der Waals surface area contributed by atoms with Crippen LogP contribution in [0, 0.1) is 0 Å². The van der Waals surface area contributed by atoms with Crippen LogP contribution in [0.1, 0.15) is 59.3 Å². The van der Waals surface area contributed by atoms with E-state index in [1.165, 1.54) is 57.0 Å². The second-order valence-corrected chi connectivity index (χ2v) is 14.2.